The Morgan fingerprint density at radius 3 is 2.79 bits per heavy atom. The third-order valence-electron chi connectivity index (χ3n) is 4.60. The van der Waals surface area contributed by atoms with Crippen molar-refractivity contribution in [3.63, 3.8) is 0 Å². The number of benzene rings is 1. The Hall–Kier alpha value is -3.03. The second-order valence-electron chi connectivity index (χ2n) is 6.44. The van der Waals surface area contributed by atoms with Crippen LogP contribution in [0, 0.1) is 0 Å². The molecule has 150 valence electrons. The van der Waals surface area contributed by atoms with Gasteiger partial charge in [-0.2, -0.15) is 4.98 Å². The summed E-state index contributed by atoms with van der Waals surface area (Å²) in [6.07, 6.45) is 2.36. The molecule has 0 bridgehead atoms. The second kappa shape index (κ2) is 9.77. The first kappa shape index (κ1) is 19.7. The maximum Gasteiger partial charge on any atom is 0.409 e. The van der Waals surface area contributed by atoms with Crippen LogP contribution in [-0.2, 0) is 11.2 Å². The molecule has 0 unspecified atom stereocenters. The lowest BCUT2D eigenvalue weighted by atomic mass is 10.1. The quantitative estimate of drug-likeness (QED) is 0.784. The maximum absolute atomic E-state index is 11.8. The number of nitrogens with zero attached hydrogens (tertiary/aromatic N) is 4. The summed E-state index contributed by atoms with van der Waals surface area (Å²) in [6, 6.07) is 9.92. The SMILES string of the molecule is CCOC(=O)N1CCN(c2ccnc(NCCc3cccc(OC)c3)n2)CC1. The Labute approximate surface area is 165 Å². The van der Waals surface area contributed by atoms with E-state index in [1.54, 1.807) is 18.2 Å². The number of methoxy groups -OCH3 is 1. The van der Waals surface area contributed by atoms with Gasteiger partial charge in [-0.1, -0.05) is 12.1 Å². The molecular weight excluding hydrogens is 358 g/mol. The zero-order valence-electron chi connectivity index (χ0n) is 16.4. The summed E-state index contributed by atoms with van der Waals surface area (Å²) in [7, 11) is 1.67. The van der Waals surface area contributed by atoms with E-state index in [9.17, 15) is 4.79 Å². The fraction of sp³-hybridized carbons (Fsp3) is 0.450. The first-order valence-electron chi connectivity index (χ1n) is 9.56. The molecule has 0 aliphatic carbocycles. The molecule has 0 radical (unpaired) electrons. The van der Waals surface area contributed by atoms with Gasteiger partial charge in [0.05, 0.1) is 13.7 Å². The second-order valence-corrected chi connectivity index (χ2v) is 6.44. The molecule has 2 heterocycles. The molecule has 0 saturated carbocycles. The van der Waals surface area contributed by atoms with Crippen LogP contribution in [0.15, 0.2) is 36.5 Å². The maximum atomic E-state index is 11.8. The Balaban J connectivity index is 1.51. The number of nitrogens with one attached hydrogen (secondary N) is 1. The van der Waals surface area contributed by atoms with Crippen molar-refractivity contribution < 1.29 is 14.3 Å². The highest BCUT2D eigenvalue weighted by Gasteiger charge is 2.22. The standard InChI is InChI=1S/C20H27N5O3/c1-3-28-20(26)25-13-11-24(12-14-25)18-8-10-22-19(23-18)21-9-7-16-5-4-6-17(15-16)27-2/h4-6,8,10,15H,3,7,9,11-14H2,1-2H3,(H,21,22,23). The van der Waals surface area contributed by atoms with Gasteiger partial charge in [0, 0.05) is 38.9 Å². The van der Waals surface area contributed by atoms with E-state index in [-0.39, 0.29) is 6.09 Å². The van der Waals surface area contributed by atoms with Gasteiger partial charge in [0.25, 0.3) is 0 Å². The van der Waals surface area contributed by atoms with E-state index in [2.05, 4.69) is 26.3 Å². The third-order valence-corrected chi connectivity index (χ3v) is 4.60. The van der Waals surface area contributed by atoms with Gasteiger partial charge in [0.15, 0.2) is 0 Å². The first-order chi connectivity index (χ1) is 13.7. The number of carbonyl (C=O) groups excluding carboxylic acids is 1. The van der Waals surface area contributed by atoms with Gasteiger partial charge in [-0.25, -0.2) is 9.78 Å². The summed E-state index contributed by atoms with van der Waals surface area (Å²) in [5, 5.41) is 3.28. The molecule has 1 fully saturated rings. The van der Waals surface area contributed by atoms with Gasteiger partial charge in [-0.15, -0.1) is 0 Å². The number of amides is 1. The fourth-order valence-corrected chi connectivity index (χ4v) is 3.09. The molecule has 0 spiro atoms. The minimum Gasteiger partial charge on any atom is -0.497 e. The van der Waals surface area contributed by atoms with Crippen LogP contribution in [-0.4, -0.2) is 67.4 Å². The predicted octanol–water partition coefficient (Wildman–Crippen LogP) is 2.42. The van der Waals surface area contributed by atoms with Crippen molar-refractivity contribution in [1.29, 1.82) is 0 Å². The molecule has 1 aliphatic heterocycles. The van der Waals surface area contributed by atoms with Crippen molar-refractivity contribution in [2.24, 2.45) is 0 Å². The van der Waals surface area contributed by atoms with E-state index >= 15 is 0 Å². The number of aromatic nitrogens is 2. The smallest absolute Gasteiger partial charge is 0.409 e. The van der Waals surface area contributed by atoms with Crippen LogP contribution >= 0.6 is 0 Å². The van der Waals surface area contributed by atoms with Crippen molar-refractivity contribution in [3.05, 3.63) is 42.1 Å². The minimum atomic E-state index is -0.246. The first-order valence-corrected chi connectivity index (χ1v) is 9.56. The number of hydrogen-bond acceptors (Lipinski definition) is 7. The number of piperazine rings is 1. The molecule has 28 heavy (non-hydrogen) atoms. The largest absolute Gasteiger partial charge is 0.497 e. The molecule has 1 amide bonds. The summed E-state index contributed by atoms with van der Waals surface area (Å²) < 4.78 is 10.3. The molecule has 1 aromatic carbocycles. The van der Waals surface area contributed by atoms with E-state index in [1.807, 2.05) is 31.2 Å². The van der Waals surface area contributed by atoms with Crippen LogP contribution in [0.1, 0.15) is 12.5 Å². The van der Waals surface area contributed by atoms with Crippen molar-refractivity contribution in [2.45, 2.75) is 13.3 Å². The summed E-state index contributed by atoms with van der Waals surface area (Å²) >= 11 is 0. The molecule has 8 nitrogen and oxygen atoms in total. The number of carbonyl (C=O) groups is 1. The summed E-state index contributed by atoms with van der Waals surface area (Å²) in [5.41, 5.74) is 1.19. The normalized spacial score (nSPS) is 13.9. The summed E-state index contributed by atoms with van der Waals surface area (Å²) in [6.45, 7) is 5.64. The zero-order valence-corrected chi connectivity index (χ0v) is 16.4. The molecule has 1 saturated heterocycles. The van der Waals surface area contributed by atoms with E-state index in [0.29, 0.717) is 25.6 Å². The fourth-order valence-electron chi connectivity index (χ4n) is 3.09. The van der Waals surface area contributed by atoms with Gasteiger partial charge in [-0.05, 0) is 37.1 Å². The predicted molar refractivity (Wildman–Crippen MR) is 108 cm³/mol. The van der Waals surface area contributed by atoms with Gasteiger partial charge < -0.3 is 24.6 Å². The average molecular weight is 385 g/mol. The Morgan fingerprint density at radius 1 is 1.21 bits per heavy atom. The molecule has 8 heteroatoms. The van der Waals surface area contributed by atoms with Gasteiger partial charge in [0.2, 0.25) is 5.95 Å². The highest BCUT2D eigenvalue weighted by Crippen LogP contribution is 2.16. The van der Waals surface area contributed by atoms with Gasteiger partial charge in [0.1, 0.15) is 11.6 Å². The average Bonchev–Trinajstić information content (AvgIpc) is 2.74. The van der Waals surface area contributed by atoms with Crippen LogP contribution in [0.4, 0.5) is 16.6 Å². The van der Waals surface area contributed by atoms with E-state index in [4.69, 9.17) is 9.47 Å². The van der Waals surface area contributed by atoms with Crippen LogP contribution in [0.5, 0.6) is 5.75 Å². The Kier molecular flexibility index (Phi) is 6.89. The monoisotopic (exact) mass is 385 g/mol. The highest BCUT2D eigenvalue weighted by atomic mass is 16.6. The molecular formula is C20H27N5O3. The zero-order chi connectivity index (χ0) is 19.8. The van der Waals surface area contributed by atoms with Crippen LogP contribution in [0.3, 0.4) is 0 Å². The van der Waals surface area contributed by atoms with Crippen molar-refractivity contribution >= 4 is 17.9 Å². The highest BCUT2D eigenvalue weighted by molar-refractivity contribution is 5.68. The Morgan fingerprint density at radius 2 is 2.04 bits per heavy atom. The summed E-state index contributed by atoms with van der Waals surface area (Å²) in [5.74, 6) is 2.33. The molecule has 1 aliphatic rings. The molecule has 2 aromatic rings. The van der Waals surface area contributed by atoms with Crippen molar-refractivity contribution in [1.82, 2.24) is 14.9 Å². The molecule has 0 atom stereocenters. The third kappa shape index (κ3) is 5.25. The lowest BCUT2D eigenvalue weighted by molar-refractivity contribution is 0.105. The number of ether oxygens (including phenoxy) is 2. The van der Waals surface area contributed by atoms with E-state index < -0.39 is 0 Å². The van der Waals surface area contributed by atoms with E-state index in [1.165, 1.54) is 5.56 Å². The van der Waals surface area contributed by atoms with Gasteiger partial charge in [-0.3, -0.25) is 0 Å². The van der Waals surface area contributed by atoms with E-state index in [0.717, 1.165) is 37.6 Å². The minimum absolute atomic E-state index is 0.246. The van der Waals surface area contributed by atoms with Crippen molar-refractivity contribution in [2.75, 3.05) is 56.7 Å². The number of rotatable bonds is 7. The lowest BCUT2D eigenvalue weighted by Crippen LogP contribution is -2.49. The lowest BCUT2D eigenvalue weighted by Gasteiger charge is -2.34. The molecule has 1 N–H and O–H groups in total. The topological polar surface area (TPSA) is 79.8 Å². The van der Waals surface area contributed by atoms with Gasteiger partial charge >= 0.3 is 6.09 Å². The molecule has 1 aromatic heterocycles. The Bertz CT molecular complexity index is 778. The van der Waals surface area contributed by atoms with Crippen LogP contribution in [0.2, 0.25) is 0 Å². The number of hydrogen-bond donors (Lipinski definition) is 1. The van der Waals surface area contributed by atoms with Crippen LogP contribution in [0.25, 0.3) is 0 Å². The molecule has 3 rings (SSSR count). The number of anilines is 2. The van der Waals surface area contributed by atoms with Crippen LogP contribution < -0.4 is 15.0 Å². The van der Waals surface area contributed by atoms with Crippen molar-refractivity contribution in [3.8, 4) is 5.75 Å². The summed E-state index contributed by atoms with van der Waals surface area (Å²) in [4.78, 5) is 24.6.